The van der Waals surface area contributed by atoms with Crippen molar-refractivity contribution in [2.75, 3.05) is 5.73 Å². The van der Waals surface area contributed by atoms with E-state index in [1.54, 1.807) is 4.57 Å². The molecule has 0 spiro atoms. The fourth-order valence-corrected chi connectivity index (χ4v) is 1.93. The molecule has 0 saturated carbocycles. The van der Waals surface area contributed by atoms with Crippen molar-refractivity contribution in [2.24, 2.45) is 0 Å². The third kappa shape index (κ3) is 1.43. The molecular weight excluding hydrogens is 222 g/mol. The van der Waals surface area contributed by atoms with Crippen LogP contribution in [0.2, 0.25) is 0 Å². The van der Waals surface area contributed by atoms with E-state index in [2.05, 4.69) is 21.5 Å². The van der Waals surface area contributed by atoms with E-state index in [4.69, 9.17) is 10.5 Å². The van der Waals surface area contributed by atoms with Crippen LogP contribution < -0.4 is 5.73 Å². The number of nitrogens with two attached hydrogens (primary N) is 1. The summed E-state index contributed by atoms with van der Waals surface area (Å²) in [6.45, 7) is 3.69. The molecule has 0 bridgehead atoms. The fourth-order valence-electron chi connectivity index (χ4n) is 1.93. The lowest BCUT2D eigenvalue weighted by molar-refractivity contribution is 0.0113. The number of nitrogen functional groups attached to an aromatic ring is 1. The van der Waals surface area contributed by atoms with Gasteiger partial charge in [0.15, 0.2) is 11.5 Å². The van der Waals surface area contributed by atoms with E-state index >= 15 is 0 Å². The van der Waals surface area contributed by atoms with E-state index in [-0.39, 0.29) is 0 Å². The zero-order valence-electron chi connectivity index (χ0n) is 8.95. The molecule has 2 aromatic heterocycles. The second kappa shape index (κ2) is 3.42. The van der Waals surface area contributed by atoms with Gasteiger partial charge in [-0.15, -0.1) is 0 Å². The number of aliphatic hydroxyl groups excluding tert-OH is 1. The third-order valence-corrected chi connectivity index (χ3v) is 2.71. The molecule has 7 nitrogen and oxygen atoms in total. The van der Waals surface area contributed by atoms with E-state index in [9.17, 15) is 5.11 Å². The molecule has 0 aromatic carbocycles. The second-order valence-corrected chi connectivity index (χ2v) is 3.90. The summed E-state index contributed by atoms with van der Waals surface area (Å²) < 4.78 is 7.08. The smallest absolute Gasteiger partial charge is 0.204 e. The van der Waals surface area contributed by atoms with Crippen LogP contribution in [-0.4, -0.2) is 30.7 Å². The van der Waals surface area contributed by atoms with Crippen molar-refractivity contribution in [1.29, 1.82) is 0 Å². The first kappa shape index (κ1) is 10.0. The largest absolute Gasteiger partial charge is 0.472 e. The van der Waals surface area contributed by atoms with Crippen molar-refractivity contribution >= 4 is 17.0 Å². The van der Waals surface area contributed by atoms with Crippen LogP contribution in [0.5, 0.6) is 0 Å². The second-order valence-electron chi connectivity index (χ2n) is 3.90. The maximum atomic E-state index is 9.85. The first-order valence-electron chi connectivity index (χ1n) is 5.12. The van der Waals surface area contributed by atoms with Crippen LogP contribution in [0.1, 0.15) is 12.6 Å². The standard InChI is InChI=1S/C10H11N5O2/c1-5-2-6(16)10(17-5)15-4-14-7-8(11)12-3-13-9(7)15/h3-4,6,10,16H,1-2H2,(H2,11,12,13)/t6-,10+/m1/s1. The van der Waals surface area contributed by atoms with Gasteiger partial charge in [-0.1, -0.05) is 6.58 Å². The van der Waals surface area contributed by atoms with Gasteiger partial charge in [0.2, 0.25) is 6.23 Å². The molecule has 2 atom stereocenters. The number of aliphatic hydroxyl groups is 1. The minimum absolute atomic E-state index is 0.306. The molecule has 1 fully saturated rings. The Morgan fingerprint density at radius 1 is 1.47 bits per heavy atom. The molecule has 0 unspecified atom stereocenters. The molecule has 3 N–H and O–H groups in total. The number of anilines is 1. The van der Waals surface area contributed by atoms with Crippen molar-refractivity contribution in [3.63, 3.8) is 0 Å². The lowest BCUT2D eigenvalue weighted by Gasteiger charge is -2.15. The number of hydrogen-bond donors (Lipinski definition) is 2. The Labute approximate surface area is 96.6 Å². The molecule has 88 valence electrons. The summed E-state index contributed by atoms with van der Waals surface area (Å²) in [5, 5.41) is 9.85. The molecule has 0 aliphatic carbocycles. The Kier molecular flexibility index (Phi) is 2.02. The molecule has 2 aromatic rings. The van der Waals surface area contributed by atoms with E-state index in [0.717, 1.165) is 0 Å². The monoisotopic (exact) mass is 233 g/mol. The predicted octanol–water partition coefficient (Wildman–Crippen LogP) is 0.202. The highest BCUT2D eigenvalue weighted by Crippen LogP contribution is 2.32. The maximum absolute atomic E-state index is 9.85. The molecular formula is C10H11N5O2. The minimum Gasteiger partial charge on any atom is -0.472 e. The number of rotatable bonds is 1. The predicted molar refractivity (Wildman–Crippen MR) is 59.6 cm³/mol. The van der Waals surface area contributed by atoms with Gasteiger partial charge in [0.05, 0.1) is 5.76 Å². The van der Waals surface area contributed by atoms with Gasteiger partial charge in [-0.2, -0.15) is 0 Å². The Bertz CT molecular complexity index is 593. The summed E-state index contributed by atoms with van der Waals surface area (Å²) in [6, 6.07) is 0. The fraction of sp³-hybridized carbons (Fsp3) is 0.300. The van der Waals surface area contributed by atoms with E-state index in [0.29, 0.717) is 29.2 Å². The molecule has 1 aliphatic heterocycles. The molecule has 3 rings (SSSR count). The summed E-state index contributed by atoms with van der Waals surface area (Å²) in [4.78, 5) is 12.1. The number of aromatic nitrogens is 4. The summed E-state index contributed by atoms with van der Waals surface area (Å²) in [5.41, 5.74) is 6.72. The molecule has 7 heteroatoms. The highest BCUT2D eigenvalue weighted by molar-refractivity contribution is 5.81. The van der Waals surface area contributed by atoms with Crippen molar-refractivity contribution in [3.05, 3.63) is 25.0 Å². The van der Waals surface area contributed by atoms with Crippen molar-refractivity contribution in [3.8, 4) is 0 Å². The van der Waals surface area contributed by atoms with E-state index in [1.165, 1.54) is 12.7 Å². The van der Waals surface area contributed by atoms with Crippen LogP contribution in [0.15, 0.2) is 25.0 Å². The number of nitrogens with zero attached hydrogens (tertiary/aromatic N) is 4. The van der Waals surface area contributed by atoms with Crippen molar-refractivity contribution < 1.29 is 9.84 Å². The zero-order valence-corrected chi connectivity index (χ0v) is 8.95. The highest BCUT2D eigenvalue weighted by Gasteiger charge is 2.32. The SMILES string of the molecule is C=C1C[C@@H](O)[C@@H](n2cnc3c(N)ncnc32)O1. The molecule has 1 saturated heterocycles. The summed E-state index contributed by atoms with van der Waals surface area (Å²) in [7, 11) is 0. The quantitative estimate of drug-likeness (QED) is 0.730. The molecule has 17 heavy (non-hydrogen) atoms. The van der Waals surface area contributed by atoms with Crippen LogP contribution in [0.25, 0.3) is 11.2 Å². The van der Waals surface area contributed by atoms with Crippen LogP contribution in [0, 0.1) is 0 Å². The molecule has 0 amide bonds. The summed E-state index contributed by atoms with van der Waals surface area (Å²) in [6.07, 6.45) is 2.08. The Hall–Kier alpha value is -2.15. The molecule has 3 heterocycles. The molecule has 1 aliphatic rings. The van der Waals surface area contributed by atoms with Crippen molar-refractivity contribution in [2.45, 2.75) is 18.8 Å². The van der Waals surface area contributed by atoms with Gasteiger partial charge >= 0.3 is 0 Å². The first-order chi connectivity index (χ1) is 8.16. The van der Waals surface area contributed by atoms with Gasteiger partial charge in [-0.3, -0.25) is 4.57 Å². The average molecular weight is 233 g/mol. The first-order valence-corrected chi connectivity index (χ1v) is 5.12. The van der Waals surface area contributed by atoms with Crippen LogP contribution in [-0.2, 0) is 4.74 Å². The normalized spacial score (nSPS) is 24.2. The van der Waals surface area contributed by atoms with Gasteiger partial charge in [-0.05, 0) is 0 Å². The summed E-state index contributed by atoms with van der Waals surface area (Å²) in [5.74, 6) is 0.853. The topological polar surface area (TPSA) is 99.1 Å². The Morgan fingerprint density at radius 2 is 2.29 bits per heavy atom. The van der Waals surface area contributed by atoms with Crippen LogP contribution in [0.4, 0.5) is 5.82 Å². The Balaban J connectivity index is 2.12. The van der Waals surface area contributed by atoms with E-state index in [1.807, 2.05) is 0 Å². The van der Waals surface area contributed by atoms with Crippen LogP contribution in [0.3, 0.4) is 0 Å². The summed E-state index contributed by atoms with van der Waals surface area (Å²) >= 11 is 0. The number of hydrogen-bond acceptors (Lipinski definition) is 6. The van der Waals surface area contributed by atoms with E-state index < -0.39 is 12.3 Å². The number of imidazole rings is 1. The van der Waals surface area contributed by atoms with Crippen LogP contribution >= 0.6 is 0 Å². The lowest BCUT2D eigenvalue weighted by atomic mass is 10.2. The number of fused-ring (bicyclic) bond motifs is 1. The lowest BCUT2D eigenvalue weighted by Crippen LogP contribution is -2.19. The maximum Gasteiger partial charge on any atom is 0.204 e. The molecule has 0 radical (unpaired) electrons. The zero-order chi connectivity index (χ0) is 12.0. The van der Waals surface area contributed by atoms with Gasteiger partial charge < -0.3 is 15.6 Å². The Morgan fingerprint density at radius 3 is 3.00 bits per heavy atom. The third-order valence-electron chi connectivity index (χ3n) is 2.71. The highest BCUT2D eigenvalue weighted by atomic mass is 16.5. The average Bonchev–Trinajstić information content (AvgIpc) is 2.83. The van der Waals surface area contributed by atoms with Gasteiger partial charge in [-0.25, -0.2) is 15.0 Å². The van der Waals surface area contributed by atoms with Crippen molar-refractivity contribution in [1.82, 2.24) is 19.5 Å². The van der Waals surface area contributed by atoms with Gasteiger partial charge in [0, 0.05) is 6.42 Å². The number of ether oxygens (including phenoxy) is 1. The van der Waals surface area contributed by atoms with Gasteiger partial charge in [0.25, 0.3) is 0 Å². The minimum atomic E-state index is -0.656. The van der Waals surface area contributed by atoms with Gasteiger partial charge in [0.1, 0.15) is 24.3 Å².